The first-order chi connectivity index (χ1) is 10.1. The van der Waals surface area contributed by atoms with E-state index in [4.69, 9.17) is 9.84 Å². The lowest BCUT2D eigenvalue weighted by Crippen LogP contribution is -2.31. The van der Waals surface area contributed by atoms with E-state index in [0.29, 0.717) is 12.8 Å². The number of carboxylic acid groups (broad SMARTS) is 1. The summed E-state index contributed by atoms with van der Waals surface area (Å²) in [6.45, 7) is 0.721. The molecule has 5 nitrogen and oxygen atoms in total. The highest BCUT2D eigenvalue weighted by Gasteiger charge is 2.21. The normalized spacial score (nSPS) is 19.1. The van der Waals surface area contributed by atoms with Gasteiger partial charge in [0.25, 0.3) is 0 Å². The molecule has 2 unspecified atom stereocenters. The van der Waals surface area contributed by atoms with E-state index < -0.39 is 5.97 Å². The summed E-state index contributed by atoms with van der Waals surface area (Å²) in [5, 5.41) is 11.8. The first kappa shape index (κ1) is 15.5. The molecule has 1 aromatic carbocycles. The van der Waals surface area contributed by atoms with Crippen molar-refractivity contribution in [2.24, 2.45) is 0 Å². The third kappa shape index (κ3) is 5.19. The number of amides is 1. The minimum absolute atomic E-state index is 0.000831. The van der Waals surface area contributed by atoms with E-state index in [1.165, 1.54) is 0 Å². The number of carbonyl (C=O) groups is 2. The highest BCUT2D eigenvalue weighted by molar-refractivity contribution is 5.77. The fraction of sp³-hybridized carbons (Fsp3) is 0.500. The van der Waals surface area contributed by atoms with Crippen LogP contribution in [-0.4, -0.2) is 29.7 Å². The standard InChI is InChI=1S/C16H21NO4/c18-15(11-13-7-4-10-21-13)17-14(8-9-16(19)20)12-5-2-1-3-6-12/h1-3,5-6,13-14H,4,7-11H2,(H,17,18)(H,19,20). The molecule has 0 bridgehead atoms. The molecule has 1 heterocycles. The summed E-state index contributed by atoms with van der Waals surface area (Å²) in [6, 6.07) is 9.20. The van der Waals surface area contributed by atoms with Crippen LogP contribution >= 0.6 is 0 Å². The molecule has 2 rings (SSSR count). The molecular weight excluding hydrogens is 270 g/mol. The molecular formula is C16H21NO4. The predicted octanol–water partition coefficient (Wildman–Crippen LogP) is 2.28. The number of nitrogens with one attached hydrogen (secondary N) is 1. The molecule has 0 aliphatic carbocycles. The zero-order chi connectivity index (χ0) is 15.1. The number of hydrogen-bond donors (Lipinski definition) is 2. The van der Waals surface area contributed by atoms with Crippen LogP contribution in [0.15, 0.2) is 30.3 Å². The van der Waals surface area contributed by atoms with Crippen molar-refractivity contribution in [3.8, 4) is 0 Å². The van der Waals surface area contributed by atoms with Crippen molar-refractivity contribution >= 4 is 11.9 Å². The number of aliphatic carboxylic acids is 1. The lowest BCUT2D eigenvalue weighted by Gasteiger charge is -2.19. The molecule has 1 aliphatic rings. The average molecular weight is 291 g/mol. The summed E-state index contributed by atoms with van der Waals surface area (Å²) in [7, 11) is 0. The van der Waals surface area contributed by atoms with Crippen LogP contribution in [-0.2, 0) is 14.3 Å². The van der Waals surface area contributed by atoms with E-state index in [9.17, 15) is 9.59 Å². The number of ether oxygens (including phenoxy) is 1. The molecule has 1 aromatic rings. The van der Waals surface area contributed by atoms with Crippen molar-refractivity contribution in [3.63, 3.8) is 0 Å². The molecule has 21 heavy (non-hydrogen) atoms. The molecule has 1 fully saturated rings. The van der Waals surface area contributed by atoms with Crippen molar-refractivity contribution < 1.29 is 19.4 Å². The van der Waals surface area contributed by atoms with E-state index in [-0.39, 0.29) is 24.5 Å². The smallest absolute Gasteiger partial charge is 0.303 e. The second-order valence-corrected chi connectivity index (χ2v) is 5.30. The van der Waals surface area contributed by atoms with E-state index in [1.54, 1.807) is 0 Å². The van der Waals surface area contributed by atoms with E-state index >= 15 is 0 Å². The molecule has 2 N–H and O–H groups in total. The first-order valence-electron chi connectivity index (χ1n) is 7.33. The van der Waals surface area contributed by atoms with E-state index in [0.717, 1.165) is 25.0 Å². The molecule has 1 aliphatic heterocycles. The average Bonchev–Trinajstić information content (AvgIpc) is 2.97. The van der Waals surface area contributed by atoms with Crippen LogP contribution in [0.1, 0.15) is 43.7 Å². The van der Waals surface area contributed by atoms with Gasteiger partial charge in [-0.3, -0.25) is 9.59 Å². The maximum absolute atomic E-state index is 12.1. The maximum Gasteiger partial charge on any atom is 0.303 e. The maximum atomic E-state index is 12.1. The van der Waals surface area contributed by atoms with Crippen LogP contribution in [0, 0.1) is 0 Å². The fourth-order valence-corrected chi connectivity index (χ4v) is 2.54. The van der Waals surface area contributed by atoms with E-state index in [1.807, 2.05) is 30.3 Å². The Morgan fingerprint density at radius 3 is 2.71 bits per heavy atom. The summed E-state index contributed by atoms with van der Waals surface area (Å²) < 4.78 is 5.45. The van der Waals surface area contributed by atoms with Gasteiger partial charge in [-0.1, -0.05) is 30.3 Å². The first-order valence-corrected chi connectivity index (χ1v) is 7.33. The third-order valence-electron chi connectivity index (χ3n) is 3.62. The highest BCUT2D eigenvalue weighted by Crippen LogP contribution is 2.20. The van der Waals surface area contributed by atoms with Crippen LogP contribution in [0.4, 0.5) is 0 Å². The van der Waals surface area contributed by atoms with Crippen LogP contribution < -0.4 is 5.32 Å². The van der Waals surface area contributed by atoms with Gasteiger partial charge >= 0.3 is 5.97 Å². The number of carbonyl (C=O) groups excluding carboxylic acids is 1. The Morgan fingerprint density at radius 2 is 2.10 bits per heavy atom. The van der Waals surface area contributed by atoms with Gasteiger partial charge in [-0.15, -0.1) is 0 Å². The molecule has 114 valence electrons. The monoisotopic (exact) mass is 291 g/mol. The zero-order valence-corrected chi connectivity index (χ0v) is 12.0. The molecule has 1 amide bonds. The molecule has 0 saturated carbocycles. The Kier molecular flexibility index (Phi) is 5.75. The quantitative estimate of drug-likeness (QED) is 0.808. The van der Waals surface area contributed by atoms with Crippen molar-refractivity contribution in [1.29, 1.82) is 0 Å². The summed E-state index contributed by atoms with van der Waals surface area (Å²) >= 11 is 0. The Bertz CT molecular complexity index is 468. The Hall–Kier alpha value is -1.88. The van der Waals surface area contributed by atoms with E-state index in [2.05, 4.69) is 5.32 Å². The fourth-order valence-electron chi connectivity index (χ4n) is 2.54. The SMILES string of the molecule is O=C(O)CCC(NC(=O)CC1CCCO1)c1ccccc1. The number of benzene rings is 1. The summed E-state index contributed by atoms with van der Waals surface area (Å²) in [5.74, 6) is -0.939. The van der Waals surface area contributed by atoms with Crippen molar-refractivity contribution in [1.82, 2.24) is 5.32 Å². The molecule has 1 saturated heterocycles. The van der Waals surface area contributed by atoms with Crippen molar-refractivity contribution in [2.45, 2.75) is 44.2 Å². The van der Waals surface area contributed by atoms with Gasteiger partial charge < -0.3 is 15.2 Å². The Balaban J connectivity index is 1.94. The van der Waals surface area contributed by atoms with Gasteiger partial charge in [0.05, 0.1) is 18.6 Å². The number of carboxylic acids is 1. The second kappa shape index (κ2) is 7.78. The summed E-state index contributed by atoms with van der Waals surface area (Å²) in [6.07, 6.45) is 2.67. The van der Waals surface area contributed by atoms with Gasteiger partial charge in [0.15, 0.2) is 0 Å². The Labute approximate surface area is 124 Å². The number of hydrogen-bond acceptors (Lipinski definition) is 3. The minimum Gasteiger partial charge on any atom is -0.481 e. The largest absolute Gasteiger partial charge is 0.481 e. The molecule has 0 radical (unpaired) electrons. The van der Waals surface area contributed by atoms with Gasteiger partial charge in [-0.25, -0.2) is 0 Å². The summed E-state index contributed by atoms with van der Waals surface area (Å²) in [4.78, 5) is 22.9. The van der Waals surface area contributed by atoms with Crippen molar-refractivity contribution in [3.05, 3.63) is 35.9 Å². The van der Waals surface area contributed by atoms with Gasteiger partial charge in [0, 0.05) is 13.0 Å². The minimum atomic E-state index is -0.857. The van der Waals surface area contributed by atoms with Gasteiger partial charge in [0.2, 0.25) is 5.91 Å². The van der Waals surface area contributed by atoms with Crippen LogP contribution in [0.5, 0.6) is 0 Å². The molecule has 0 spiro atoms. The lowest BCUT2D eigenvalue weighted by atomic mass is 10.0. The third-order valence-corrected chi connectivity index (χ3v) is 3.62. The van der Waals surface area contributed by atoms with Gasteiger partial charge in [0.1, 0.15) is 0 Å². The van der Waals surface area contributed by atoms with Crippen LogP contribution in [0.3, 0.4) is 0 Å². The second-order valence-electron chi connectivity index (χ2n) is 5.30. The van der Waals surface area contributed by atoms with Gasteiger partial charge in [-0.05, 0) is 24.8 Å². The highest BCUT2D eigenvalue weighted by atomic mass is 16.5. The van der Waals surface area contributed by atoms with Crippen LogP contribution in [0.2, 0.25) is 0 Å². The number of rotatable bonds is 7. The lowest BCUT2D eigenvalue weighted by molar-refractivity contribution is -0.137. The predicted molar refractivity (Wildman–Crippen MR) is 77.8 cm³/mol. The molecule has 2 atom stereocenters. The van der Waals surface area contributed by atoms with Crippen molar-refractivity contribution in [2.75, 3.05) is 6.61 Å². The van der Waals surface area contributed by atoms with Crippen LogP contribution in [0.25, 0.3) is 0 Å². The molecule has 0 aromatic heterocycles. The summed E-state index contributed by atoms with van der Waals surface area (Å²) in [5.41, 5.74) is 0.930. The molecule has 5 heteroatoms. The Morgan fingerprint density at radius 1 is 1.33 bits per heavy atom. The zero-order valence-electron chi connectivity index (χ0n) is 12.0. The van der Waals surface area contributed by atoms with Gasteiger partial charge in [-0.2, -0.15) is 0 Å². The topological polar surface area (TPSA) is 75.6 Å².